The molecule has 1 unspecified atom stereocenters. The molecule has 0 saturated carbocycles. The summed E-state index contributed by atoms with van der Waals surface area (Å²) in [5.74, 6) is 2.25. The van der Waals surface area contributed by atoms with Gasteiger partial charge in [0.25, 0.3) is 0 Å². The molecule has 0 bridgehead atoms. The Balaban J connectivity index is 4.20. The van der Waals surface area contributed by atoms with E-state index >= 15 is 0 Å². The molecule has 0 heterocycles. The first-order valence-corrected chi connectivity index (χ1v) is 5.21. The molecule has 0 fully saturated rings. The molecule has 0 aliphatic heterocycles. The fourth-order valence-corrected chi connectivity index (χ4v) is 1.43. The van der Waals surface area contributed by atoms with Crippen molar-refractivity contribution in [2.45, 2.75) is 27.7 Å². The normalized spacial score (nSPS) is 13.8. The predicted molar refractivity (Wildman–Crippen MR) is 60.9 cm³/mol. The topological polar surface area (TPSA) is 0 Å². The molecule has 12 heavy (non-hydrogen) atoms. The minimum absolute atomic E-state index is 0.286. The molecular weight excluding hydrogens is 163 g/mol. The highest BCUT2D eigenvalue weighted by molar-refractivity contribution is 7.46. The van der Waals surface area contributed by atoms with Crippen LogP contribution >= 0.6 is 8.58 Å². The van der Waals surface area contributed by atoms with E-state index in [1.807, 2.05) is 6.08 Å². The van der Waals surface area contributed by atoms with Gasteiger partial charge in [0, 0.05) is 0 Å². The third kappa shape index (κ3) is 4.51. The Morgan fingerprint density at radius 3 is 2.17 bits per heavy atom. The van der Waals surface area contributed by atoms with E-state index in [-0.39, 0.29) is 5.41 Å². The van der Waals surface area contributed by atoms with Gasteiger partial charge in [0.2, 0.25) is 0 Å². The highest BCUT2D eigenvalue weighted by atomic mass is 31.1. The summed E-state index contributed by atoms with van der Waals surface area (Å²) in [6, 6.07) is 0. The van der Waals surface area contributed by atoms with Gasteiger partial charge >= 0.3 is 0 Å². The van der Waals surface area contributed by atoms with Gasteiger partial charge in [-0.25, -0.2) is 0 Å². The van der Waals surface area contributed by atoms with Crippen LogP contribution in [0.25, 0.3) is 0 Å². The average molecular weight is 182 g/mol. The second kappa shape index (κ2) is 4.62. The summed E-state index contributed by atoms with van der Waals surface area (Å²) in [6.07, 6.45) is 1.82. The fraction of sp³-hybridized carbons (Fsp3) is 0.455. The molecule has 0 aromatic carbocycles. The molecule has 0 aromatic rings. The zero-order chi connectivity index (χ0) is 9.78. The molecule has 0 aliphatic carbocycles. The van der Waals surface area contributed by atoms with Gasteiger partial charge in [0.1, 0.15) is 0 Å². The Labute approximate surface area is 78.2 Å². The molecule has 1 heteroatoms. The van der Waals surface area contributed by atoms with Crippen LogP contribution in [-0.2, 0) is 0 Å². The quantitative estimate of drug-likeness (QED) is 0.450. The van der Waals surface area contributed by atoms with Gasteiger partial charge in [-0.2, -0.15) is 0 Å². The van der Waals surface area contributed by atoms with E-state index in [1.54, 1.807) is 0 Å². The lowest BCUT2D eigenvalue weighted by Gasteiger charge is -2.19. The number of hydrogen-bond acceptors (Lipinski definition) is 0. The van der Waals surface area contributed by atoms with Crippen molar-refractivity contribution < 1.29 is 0 Å². The van der Waals surface area contributed by atoms with Crippen LogP contribution in [0.3, 0.4) is 0 Å². The van der Waals surface area contributed by atoms with Crippen LogP contribution in [0.5, 0.6) is 0 Å². The van der Waals surface area contributed by atoms with E-state index in [0.717, 1.165) is 5.31 Å². The van der Waals surface area contributed by atoms with E-state index in [1.165, 1.54) is 5.57 Å². The molecular formula is C11H19P. The summed E-state index contributed by atoms with van der Waals surface area (Å²) in [4.78, 5) is 0. The number of rotatable bonds is 3. The molecule has 68 valence electrons. The summed E-state index contributed by atoms with van der Waals surface area (Å²) >= 11 is 0. The maximum absolute atomic E-state index is 3.88. The van der Waals surface area contributed by atoms with Gasteiger partial charge < -0.3 is 0 Å². The van der Waals surface area contributed by atoms with Crippen LogP contribution in [0, 0.1) is 5.41 Å². The molecule has 0 saturated heterocycles. The second-order valence-corrected chi connectivity index (χ2v) is 5.17. The highest BCUT2D eigenvalue weighted by Gasteiger charge is 2.11. The van der Waals surface area contributed by atoms with Gasteiger partial charge in [0.15, 0.2) is 0 Å². The predicted octanol–water partition coefficient (Wildman–Crippen LogP) is 4.31. The third-order valence-corrected chi connectivity index (χ3v) is 3.06. The lowest BCUT2D eigenvalue weighted by molar-refractivity contribution is 0.505. The van der Waals surface area contributed by atoms with E-state index in [0.29, 0.717) is 8.58 Å². The number of hydrogen-bond donors (Lipinski definition) is 0. The monoisotopic (exact) mass is 182 g/mol. The van der Waals surface area contributed by atoms with E-state index in [2.05, 4.69) is 46.7 Å². The van der Waals surface area contributed by atoms with Crippen molar-refractivity contribution in [1.82, 2.24) is 0 Å². The van der Waals surface area contributed by atoms with Crippen LogP contribution in [0.4, 0.5) is 0 Å². The van der Waals surface area contributed by atoms with Crippen molar-refractivity contribution in [3.8, 4) is 0 Å². The lowest BCUT2D eigenvalue weighted by atomic mass is 9.89. The summed E-state index contributed by atoms with van der Waals surface area (Å²) in [6.45, 7) is 16.4. The summed E-state index contributed by atoms with van der Waals surface area (Å²) in [7, 11) is 0.685. The van der Waals surface area contributed by atoms with Crippen molar-refractivity contribution in [3.63, 3.8) is 0 Å². The Morgan fingerprint density at radius 2 is 1.83 bits per heavy atom. The molecule has 0 aromatic heterocycles. The standard InChI is InChI=1S/C11H19P/c1-7-10(3)12-8-9(2)11(4,5)6/h7-8,12H,1,3H2,2,4-6H3/b9-8+. The zero-order valence-electron chi connectivity index (χ0n) is 8.57. The molecule has 0 nitrogen and oxygen atoms in total. The lowest BCUT2D eigenvalue weighted by Crippen LogP contribution is -2.05. The second-order valence-electron chi connectivity index (χ2n) is 3.95. The van der Waals surface area contributed by atoms with Crippen molar-refractivity contribution in [2.75, 3.05) is 0 Å². The first-order valence-electron chi connectivity index (χ1n) is 4.13. The van der Waals surface area contributed by atoms with Crippen molar-refractivity contribution in [1.29, 1.82) is 0 Å². The summed E-state index contributed by atoms with van der Waals surface area (Å²) in [5, 5.41) is 1.11. The first kappa shape index (κ1) is 11.6. The molecule has 1 atom stereocenters. The smallest absolute Gasteiger partial charge is 0.0172 e. The van der Waals surface area contributed by atoms with Crippen molar-refractivity contribution in [3.05, 3.63) is 35.9 Å². The molecule has 0 radical (unpaired) electrons. The number of allylic oxidation sites excluding steroid dienone is 3. The maximum Gasteiger partial charge on any atom is -0.0172 e. The zero-order valence-corrected chi connectivity index (χ0v) is 9.57. The van der Waals surface area contributed by atoms with Gasteiger partial charge in [-0.15, -0.1) is 0 Å². The van der Waals surface area contributed by atoms with Gasteiger partial charge in [-0.1, -0.05) is 60.0 Å². The molecule has 0 N–H and O–H groups in total. The van der Waals surface area contributed by atoms with Crippen LogP contribution in [0.15, 0.2) is 35.9 Å². The van der Waals surface area contributed by atoms with Crippen LogP contribution in [-0.4, -0.2) is 0 Å². The molecule has 0 rings (SSSR count). The fourth-order valence-electron chi connectivity index (χ4n) is 0.476. The van der Waals surface area contributed by atoms with Gasteiger partial charge in [-0.05, 0) is 17.7 Å². The van der Waals surface area contributed by atoms with Crippen molar-refractivity contribution in [2.24, 2.45) is 5.41 Å². The highest BCUT2D eigenvalue weighted by Crippen LogP contribution is 2.32. The van der Waals surface area contributed by atoms with Gasteiger partial charge in [-0.3, -0.25) is 0 Å². The van der Waals surface area contributed by atoms with E-state index in [4.69, 9.17) is 0 Å². The SMILES string of the molecule is C=CC(=C)P/C=C(\C)C(C)(C)C. The van der Waals surface area contributed by atoms with Gasteiger partial charge in [0.05, 0.1) is 0 Å². The Morgan fingerprint density at radius 1 is 1.33 bits per heavy atom. The first-order chi connectivity index (χ1) is 5.38. The Bertz CT molecular complexity index is 204. The summed E-state index contributed by atoms with van der Waals surface area (Å²) < 4.78 is 0. The van der Waals surface area contributed by atoms with E-state index in [9.17, 15) is 0 Å². The van der Waals surface area contributed by atoms with Crippen LogP contribution < -0.4 is 0 Å². The van der Waals surface area contributed by atoms with Crippen LogP contribution in [0.1, 0.15) is 27.7 Å². The maximum atomic E-state index is 3.88. The summed E-state index contributed by atoms with van der Waals surface area (Å²) in [5.41, 5.74) is 1.71. The Hall–Kier alpha value is -0.350. The minimum atomic E-state index is 0.286. The van der Waals surface area contributed by atoms with Crippen molar-refractivity contribution >= 4 is 8.58 Å². The molecule has 0 amide bonds. The largest absolute Gasteiger partial charge is 0.0985 e. The molecule has 0 spiro atoms. The third-order valence-electron chi connectivity index (χ3n) is 1.90. The molecule has 0 aliphatic rings. The van der Waals surface area contributed by atoms with E-state index < -0.39 is 0 Å². The average Bonchev–Trinajstić information content (AvgIpc) is 1.97. The Kier molecular flexibility index (Phi) is 4.49. The minimum Gasteiger partial charge on any atom is -0.0985 e. The van der Waals surface area contributed by atoms with Crippen LogP contribution in [0.2, 0.25) is 0 Å².